The number of imidazole rings is 1. The second kappa shape index (κ2) is 2.95. The average molecular weight is 180 g/mol. The Hall–Kier alpha value is -1.35. The highest BCUT2D eigenvalue weighted by Gasteiger charge is 1.99. The lowest BCUT2D eigenvalue weighted by atomic mass is 10.2. The van der Waals surface area contributed by atoms with Gasteiger partial charge in [0.1, 0.15) is 0 Å². The van der Waals surface area contributed by atoms with Gasteiger partial charge in [-0.15, -0.1) is 0 Å². The Bertz CT molecular complexity index is 369. The van der Waals surface area contributed by atoms with Crippen LogP contribution in [-0.2, 0) is 0 Å². The topological polar surface area (TPSA) is 41.6 Å². The molecule has 1 N–H and O–H groups in total. The van der Waals surface area contributed by atoms with Crippen molar-refractivity contribution in [2.24, 2.45) is 0 Å². The van der Waals surface area contributed by atoms with Crippen LogP contribution in [0.2, 0.25) is 5.28 Å². The third kappa shape index (κ3) is 1.31. The number of H-pyrrole nitrogens is 1. The fraction of sp³-hybridized carbons (Fsp3) is 0. The molecule has 12 heavy (non-hydrogen) atoms. The molecule has 0 spiro atoms. The highest BCUT2D eigenvalue weighted by molar-refractivity contribution is 6.28. The van der Waals surface area contributed by atoms with Crippen molar-refractivity contribution < 1.29 is 0 Å². The molecule has 0 atom stereocenters. The number of nitrogens with one attached hydrogen (secondary N) is 1. The van der Waals surface area contributed by atoms with Gasteiger partial charge in [0.15, 0.2) is 5.28 Å². The molecule has 0 aliphatic heterocycles. The zero-order valence-corrected chi connectivity index (χ0v) is 6.92. The number of hydrogen-bond donors (Lipinski definition) is 1. The fourth-order valence-corrected chi connectivity index (χ4v) is 1.13. The van der Waals surface area contributed by atoms with E-state index >= 15 is 0 Å². The average Bonchev–Trinajstić information content (AvgIpc) is 2.54. The molecule has 0 saturated carbocycles. The van der Waals surface area contributed by atoms with E-state index in [1.165, 1.54) is 0 Å². The smallest absolute Gasteiger partial charge is 0.200 e. The second-order valence-electron chi connectivity index (χ2n) is 2.32. The third-order valence-electron chi connectivity index (χ3n) is 1.54. The first-order chi connectivity index (χ1) is 5.86. The predicted molar refractivity (Wildman–Crippen MR) is 46.8 cm³/mol. The summed E-state index contributed by atoms with van der Waals surface area (Å²) in [6.45, 7) is 0. The molecule has 0 amide bonds. The van der Waals surface area contributed by atoms with Gasteiger partial charge in [-0.25, -0.2) is 4.98 Å². The summed E-state index contributed by atoms with van der Waals surface area (Å²) in [4.78, 5) is 10.7. The maximum atomic E-state index is 5.63. The summed E-state index contributed by atoms with van der Waals surface area (Å²) in [5, 5.41) is 0.404. The normalized spacial score (nSPS) is 10.1. The monoisotopic (exact) mass is 179 g/mol. The van der Waals surface area contributed by atoms with E-state index in [0.29, 0.717) is 5.28 Å². The predicted octanol–water partition coefficient (Wildman–Crippen LogP) is 2.13. The summed E-state index contributed by atoms with van der Waals surface area (Å²) in [6, 6.07) is 3.79. The summed E-state index contributed by atoms with van der Waals surface area (Å²) >= 11 is 5.63. The number of aromatic amines is 1. The number of aromatic nitrogens is 3. The van der Waals surface area contributed by atoms with Gasteiger partial charge in [0.25, 0.3) is 0 Å². The van der Waals surface area contributed by atoms with E-state index in [9.17, 15) is 0 Å². The Kier molecular flexibility index (Phi) is 1.80. The Morgan fingerprint density at radius 1 is 1.25 bits per heavy atom. The molecule has 0 unspecified atom stereocenters. The van der Waals surface area contributed by atoms with Crippen molar-refractivity contribution in [3.63, 3.8) is 0 Å². The molecule has 0 aliphatic rings. The third-order valence-corrected chi connectivity index (χ3v) is 1.73. The van der Waals surface area contributed by atoms with Gasteiger partial charge in [0, 0.05) is 18.0 Å². The molecule has 2 rings (SSSR count). The highest BCUT2D eigenvalue weighted by Crippen LogP contribution is 2.16. The Labute approximate surface area is 74.4 Å². The van der Waals surface area contributed by atoms with Crippen molar-refractivity contribution in [2.45, 2.75) is 0 Å². The van der Waals surface area contributed by atoms with E-state index in [0.717, 1.165) is 11.3 Å². The first-order valence-electron chi connectivity index (χ1n) is 3.47. The summed E-state index contributed by atoms with van der Waals surface area (Å²) in [6.07, 6.45) is 5.14. The SMILES string of the molecule is Clc1ncc(-c2ccncc2)[nH]1. The lowest BCUT2D eigenvalue weighted by molar-refractivity contribution is 1.30. The molecular formula is C8H6ClN3. The maximum absolute atomic E-state index is 5.63. The molecule has 2 heterocycles. The van der Waals surface area contributed by atoms with Gasteiger partial charge < -0.3 is 4.98 Å². The standard InChI is InChI=1S/C8H6ClN3/c9-8-11-5-7(12-8)6-1-3-10-4-2-6/h1-5H,(H,11,12). The van der Waals surface area contributed by atoms with Crippen LogP contribution in [0.1, 0.15) is 0 Å². The molecule has 0 saturated heterocycles. The van der Waals surface area contributed by atoms with E-state index in [1.807, 2.05) is 12.1 Å². The summed E-state index contributed by atoms with van der Waals surface area (Å²) < 4.78 is 0. The van der Waals surface area contributed by atoms with E-state index in [1.54, 1.807) is 18.6 Å². The highest BCUT2D eigenvalue weighted by atomic mass is 35.5. The van der Waals surface area contributed by atoms with Crippen molar-refractivity contribution in [3.05, 3.63) is 36.0 Å². The van der Waals surface area contributed by atoms with Gasteiger partial charge in [-0.2, -0.15) is 0 Å². The molecule has 0 fully saturated rings. The van der Waals surface area contributed by atoms with Crippen LogP contribution in [-0.4, -0.2) is 15.0 Å². The molecule has 0 radical (unpaired) electrons. The van der Waals surface area contributed by atoms with E-state index in [4.69, 9.17) is 11.6 Å². The minimum absolute atomic E-state index is 0.404. The van der Waals surface area contributed by atoms with Crippen LogP contribution >= 0.6 is 11.6 Å². The lowest BCUT2D eigenvalue weighted by Crippen LogP contribution is -1.76. The first kappa shape index (κ1) is 7.31. The van der Waals surface area contributed by atoms with Crippen LogP contribution in [0.15, 0.2) is 30.7 Å². The maximum Gasteiger partial charge on any atom is 0.200 e. The molecule has 0 aliphatic carbocycles. The van der Waals surface area contributed by atoms with Crippen LogP contribution < -0.4 is 0 Å². The zero-order valence-electron chi connectivity index (χ0n) is 6.16. The quantitative estimate of drug-likeness (QED) is 0.729. The van der Waals surface area contributed by atoms with Crippen molar-refractivity contribution in [1.29, 1.82) is 0 Å². The largest absolute Gasteiger partial charge is 0.329 e. The van der Waals surface area contributed by atoms with Gasteiger partial charge in [-0.05, 0) is 23.7 Å². The van der Waals surface area contributed by atoms with Crippen molar-refractivity contribution in [3.8, 4) is 11.3 Å². The molecule has 0 aromatic carbocycles. The van der Waals surface area contributed by atoms with E-state index < -0.39 is 0 Å². The molecule has 3 nitrogen and oxygen atoms in total. The van der Waals surface area contributed by atoms with Crippen molar-refractivity contribution >= 4 is 11.6 Å². The number of halogens is 1. The van der Waals surface area contributed by atoms with Gasteiger partial charge in [0.05, 0.1) is 11.9 Å². The van der Waals surface area contributed by atoms with Gasteiger partial charge in [-0.3, -0.25) is 4.98 Å². The minimum atomic E-state index is 0.404. The van der Waals surface area contributed by atoms with E-state index in [-0.39, 0.29) is 0 Å². The van der Waals surface area contributed by atoms with Crippen molar-refractivity contribution in [2.75, 3.05) is 0 Å². The number of hydrogen-bond acceptors (Lipinski definition) is 2. The second-order valence-corrected chi connectivity index (χ2v) is 2.68. The Morgan fingerprint density at radius 2 is 2.00 bits per heavy atom. The lowest BCUT2D eigenvalue weighted by Gasteiger charge is -1.93. The summed E-state index contributed by atoms with van der Waals surface area (Å²) in [5.74, 6) is 0. The number of rotatable bonds is 1. The Balaban J connectivity index is 2.45. The van der Waals surface area contributed by atoms with Crippen molar-refractivity contribution in [1.82, 2.24) is 15.0 Å². The van der Waals surface area contributed by atoms with E-state index in [2.05, 4.69) is 15.0 Å². The number of nitrogens with zero attached hydrogens (tertiary/aromatic N) is 2. The Morgan fingerprint density at radius 3 is 2.58 bits per heavy atom. The first-order valence-corrected chi connectivity index (χ1v) is 3.85. The van der Waals surface area contributed by atoms with Crippen LogP contribution in [0.5, 0.6) is 0 Å². The molecule has 2 aromatic rings. The van der Waals surface area contributed by atoms with Gasteiger partial charge in [0.2, 0.25) is 0 Å². The summed E-state index contributed by atoms with van der Waals surface area (Å²) in [5.41, 5.74) is 1.94. The van der Waals surface area contributed by atoms with Crippen LogP contribution in [0.25, 0.3) is 11.3 Å². The van der Waals surface area contributed by atoms with Gasteiger partial charge in [-0.1, -0.05) is 0 Å². The molecule has 2 aromatic heterocycles. The van der Waals surface area contributed by atoms with Gasteiger partial charge >= 0.3 is 0 Å². The zero-order chi connectivity index (χ0) is 8.39. The molecule has 4 heteroatoms. The molecule has 60 valence electrons. The van der Waals surface area contributed by atoms with Crippen LogP contribution in [0.3, 0.4) is 0 Å². The minimum Gasteiger partial charge on any atom is -0.329 e. The van der Waals surface area contributed by atoms with Crippen LogP contribution in [0, 0.1) is 0 Å². The fourth-order valence-electron chi connectivity index (χ4n) is 0.975. The molecule has 0 bridgehead atoms. The molecular weight excluding hydrogens is 174 g/mol. The van der Waals surface area contributed by atoms with Crippen LogP contribution in [0.4, 0.5) is 0 Å². The number of pyridine rings is 1. The summed E-state index contributed by atoms with van der Waals surface area (Å²) in [7, 11) is 0.